The van der Waals surface area contributed by atoms with Crippen molar-refractivity contribution in [2.75, 3.05) is 13.6 Å². The monoisotopic (exact) mass is 391 g/mol. The third kappa shape index (κ3) is 4.80. The summed E-state index contributed by atoms with van der Waals surface area (Å²) in [6.45, 7) is 5.65. The molecule has 1 aliphatic rings. The van der Waals surface area contributed by atoms with Crippen LogP contribution in [0.25, 0.3) is 0 Å². The molecule has 0 N–H and O–H groups in total. The molecule has 0 saturated carbocycles. The maximum atomic E-state index is 6.66. The normalized spacial score (nSPS) is 21.5. The van der Waals surface area contributed by atoms with Gasteiger partial charge in [-0.25, -0.2) is 0 Å². The number of piperidine rings is 1. The van der Waals surface area contributed by atoms with Crippen LogP contribution in [0, 0.1) is 5.92 Å². The van der Waals surface area contributed by atoms with Gasteiger partial charge in [0.15, 0.2) is 0 Å². The molecular weight excluding hydrogens is 365 g/mol. The fourth-order valence-corrected chi connectivity index (χ4v) is 4.05. The van der Waals surface area contributed by atoms with Crippen LogP contribution < -0.4 is 0 Å². The molecule has 0 aliphatic carbocycles. The van der Waals surface area contributed by atoms with E-state index in [1.165, 1.54) is 0 Å². The number of benzene rings is 2. The lowest BCUT2D eigenvalue weighted by Crippen LogP contribution is -2.45. The summed E-state index contributed by atoms with van der Waals surface area (Å²) < 4.78 is 6.66. The molecule has 0 spiro atoms. The van der Waals surface area contributed by atoms with Gasteiger partial charge in [-0.05, 0) is 61.2 Å². The Balaban J connectivity index is 1.84. The van der Waals surface area contributed by atoms with Gasteiger partial charge in [-0.15, -0.1) is 0 Å². The van der Waals surface area contributed by atoms with Gasteiger partial charge in [0.2, 0.25) is 0 Å². The minimum atomic E-state index is -0.106. The summed E-state index contributed by atoms with van der Waals surface area (Å²) in [6, 6.07) is 16.5. The van der Waals surface area contributed by atoms with Crippen LogP contribution in [-0.2, 0) is 4.74 Å². The summed E-state index contributed by atoms with van der Waals surface area (Å²) in [4.78, 5) is 2.46. The van der Waals surface area contributed by atoms with E-state index in [0.717, 1.165) is 40.6 Å². The second-order valence-corrected chi connectivity index (χ2v) is 8.43. The van der Waals surface area contributed by atoms with Crippen molar-refractivity contribution in [1.29, 1.82) is 0 Å². The van der Waals surface area contributed by atoms with Gasteiger partial charge >= 0.3 is 0 Å². The average Bonchev–Trinajstić information content (AvgIpc) is 2.62. The molecule has 0 amide bonds. The third-order valence-corrected chi connectivity index (χ3v) is 5.82. The van der Waals surface area contributed by atoms with Gasteiger partial charge in [0.1, 0.15) is 6.10 Å². The van der Waals surface area contributed by atoms with Crippen molar-refractivity contribution in [1.82, 2.24) is 4.90 Å². The van der Waals surface area contributed by atoms with Gasteiger partial charge in [0, 0.05) is 22.6 Å². The second-order valence-electron chi connectivity index (χ2n) is 7.56. The third-order valence-electron chi connectivity index (χ3n) is 5.32. The Labute approximate surface area is 167 Å². The predicted molar refractivity (Wildman–Crippen MR) is 110 cm³/mol. The smallest absolute Gasteiger partial charge is 0.108 e. The number of halogens is 2. The summed E-state index contributed by atoms with van der Waals surface area (Å²) in [6.07, 6.45) is 2.25. The highest BCUT2D eigenvalue weighted by atomic mass is 35.5. The SMILES string of the molecule is CC(C)[C@H]1C[C@@H](OC(c2ccc(Cl)cc2)c2ccc(Cl)cc2)CCN1C. The van der Waals surface area contributed by atoms with Gasteiger partial charge in [-0.1, -0.05) is 61.3 Å². The zero-order valence-electron chi connectivity index (χ0n) is 15.7. The minimum absolute atomic E-state index is 0.106. The maximum absolute atomic E-state index is 6.66. The highest BCUT2D eigenvalue weighted by molar-refractivity contribution is 6.30. The second kappa shape index (κ2) is 8.75. The Kier molecular flexibility index (Phi) is 6.63. The van der Waals surface area contributed by atoms with E-state index in [1.54, 1.807) is 0 Å². The summed E-state index contributed by atoms with van der Waals surface area (Å²) in [5.41, 5.74) is 2.24. The molecule has 0 bridgehead atoms. The minimum Gasteiger partial charge on any atom is -0.365 e. The predicted octanol–water partition coefficient (Wildman–Crippen LogP) is 6.22. The van der Waals surface area contributed by atoms with E-state index in [-0.39, 0.29) is 12.2 Å². The highest BCUT2D eigenvalue weighted by Gasteiger charge is 2.31. The van der Waals surface area contributed by atoms with Crippen LogP contribution in [0.5, 0.6) is 0 Å². The molecule has 2 atom stereocenters. The first-order valence-electron chi connectivity index (χ1n) is 9.30. The maximum Gasteiger partial charge on any atom is 0.108 e. The fourth-order valence-electron chi connectivity index (χ4n) is 3.80. The van der Waals surface area contributed by atoms with E-state index in [0.29, 0.717) is 12.0 Å². The summed E-state index contributed by atoms with van der Waals surface area (Å²) in [7, 11) is 2.22. The number of hydrogen-bond donors (Lipinski definition) is 0. The Morgan fingerprint density at radius 3 is 1.88 bits per heavy atom. The summed E-state index contributed by atoms with van der Waals surface area (Å²) >= 11 is 12.2. The largest absolute Gasteiger partial charge is 0.365 e. The first-order chi connectivity index (χ1) is 12.4. The molecule has 1 heterocycles. The van der Waals surface area contributed by atoms with Crippen molar-refractivity contribution in [3.05, 3.63) is 69.7 Å². The summed E-state index contributed by atoms with van der Waals surface area (Å²) in [5, 5.41) is 1.48. The zero-order chi connectivity index (χ0) is 18.7. The van der Waals surface area contributed by atoms with E-state index in [9.17, 15) is 0 Å². The molecule has 1 fully saturated rings. The van der Waals surface area contributed by atoms with Gasteiger partial charge in [0.05, 0.1) is 6.10 Å². The molecule has 0 unspecified atom stereocenters. The van der Waals surface area contributed by atoms with E-state index < -0.39 is 0 Å². The lowest BCUT2D eigenvalue weighted by atomic mass is 9.91. The number of ether oxygens (including phenoxy) is 1. The molecule has 0 aromatic heterocycles. The van der Waals surface area contributed by atoms with Crippen LogP contribution in [0.15, 0.2) is 48.5 Å². The van der Waals surface area contributed by atoms with E-state index in [2.05, 4.69) is 50.1 Å². The lowest BCUT2D eigenvalue weighted by molar-refractivity contribution is -0.0466. The van der Waals surface area contributed by atoms with Crippen LogP contribution >= 0.6 is 23.2 Å². The first kappa shape index (κ1) is 19.7. The molecule has 0 radical (unpaired) electrons. The number of hydrogen-bond acceptors (Lipinski definition) is 2. The molecule has 26 heavy (non-hydrogen) atoms. The average molecular weight is 392 g/mol. The fraction of sp³-hybridized carbons (Fsp3) is 0.455. The molecule has 2 nitrogen and oxygen atoms in total. The van der Waals surface area contributed by atoms with Crippen LogP contribution in [0.4, 0.5) is 0 Å². The van der Waals surface area contributed by atoms with Crippen LogP contribution in [0.3, 0.4) is 0 Å². The van der Waals surface area contributed by atoms with Gasteiger partial charge < -0.3 is 9.64 Å². The van der Waals surface area contributed by atoms with Gasteiger partial charge in [-0.2, -0.15) is 0 Å². The number of rotatable bonds is 5. The highest BCUT2D eigenvalue weighted by Crippen LogP contribution is 2.33. The Morgan fingerprint density at radius 1 is 0.923 bits per heavy atom. The van der Waals surface area contributed by atoms with Crippen molar-refractivity contribution >= 4 is 23.2 Å². The van der Waals surface area contributed by atoms with Crippen molar-refractivity contribution < 1.29 is 4.74 Å². The Morgan fingerprint density at radius 2 is 1.42 bits per heavy atom. The molecule has 4 heteroatoms. The van der Waals surface area contributed by atoms with Gasteiger partial charge in [-0.3, -0.25) is 0 Å². The van der Waals surface area contributed by atoms with Crippen molar-refractivity contribution in [3.8, 4) is 0 Å². The number of nitrogens with zero attached hydrogens (tertiary/aromatic N) is 1. The zero-order valence-corrected chi connectivity index (χ0v) is 17.2. The molecule has 140 valence electrons. The topological polar surface area (TPSA) is 12.5 Å². The van der Waals surface area contributed by atoms with Gasteiger partial charge in [0.25, 0.3) is 0 Å². The van der Waals surface area contributed by atoms with Crippen LogP contribution in [0.1, 0.15) is 43.9 Å². The lowest BCUT2D eigenvalue weighted by Gasteiger charge is -2.40. The van der Waals surface area contributed by atoms with Crippen molar-refractivity contribution in [2.24, 2.45) is 5.92 Å². The summed E-state index contributed by atoms with van der Waals surface area (Å²) in [5.74, 6) is 0.621. The van der Waals surface area contributed by atoms with Crippen LogP contribution in [0.2, 0.25) is 10.0 Å². The van der Waals surface area contributed by atoms with E-state index >= 15 is 0 Å². The molecule has 1 aliphatic heterocycles. The molecule has 3 rings (SSSR count). The van der Waals surface area contributed by atoms with Crippen molar-refractivity contribution in [2.45, 2.75) is 44.9 Å². The van der Waals surface area contributed by atoms with Crippen LogP contribution in [-0.4, -0.2) is 30.6 Å². The Hall–Kier alpha value is -1.06. The molecule has 2 aromatic rings. The Bertz CT molecular complexity index is 654. The molecule has 2 aromatic carbocycles. The number of likely N-dealkylation sites (tertiary alicyclic amines) is 1. The quantitative estimate of drug-likeness (QED) is 0.599. The first-order valence-corrected chi connectivity index (χ1v) is 10.1. The standard InChI is InChI=1S/C22H27Cl2NO/c1-15(2)21-14-20(12-13-25(21)3)26-22(16-4-8-18(23)9-5-16)17-6-10-19(24)11-7-17/h4-11,15,20-22H,12-14H2,1-3H3/t20-,21+/m0/s1. The molecule has 1 saturated heterocycles. The van der Waals surface area contributed by atoms with Crippen molar-refractivity contribution in [3.63, 3.8) is 0 Å². The van der Waals surface area contributed by atoms with E-state index in [1.807, 2.05) is 24.3 Å². The van der Waals surface area contributed by atoms with E-state index in [4.69, 9.17) is 27.9 Å². The molecular formula is C22H27Cl2NO.